The van der Waals surface area contributed by atoms with Crippen molar-refractivity contribution in [3.05, 3.63) is 27.2 Å². The Kier molecular flexibility index (Phi) is 4.38. The van der Waals surface area contributed by atoms with Crippen LogP contribution in [0.3, 0.4) is 0 Å². The predicted molar refractivity (Wildman–Crippen MR) is 78.6 cm³/mol. The van der Waals surface area contributed by atoms with Crippen LogP contribution in [0.15, 0.2) is 17.0 Å². The van der Waals surface area contributed by atoms with E-state index in [9.17, 15) is 8.42 Å². The Morgan fingerprint density at radius 2 is 1.74 bits per heavy atom. The zero-order chi connectivity index (χ0) is 14.4. The zero-order valence-electron chi connectivity index (χ0n) is 10.5. The minimum atomic E-state index is -3.66. The third-order valence-electron chi connectivity index (χ3n) is 3.31. The second kappa shape index (κ2) is 5.41. The minimum absolute atomic E-state index is 0.00723. The molecule has 1 aliphatic rings. The van der Waals surface area contributed by atoms with Crippen LogP contribution in [-0.2, 0) is 10.0 Å². The van der Waals surface area contributed by atoms with E-state index in [1.165, 1.54) is 16.4 Å². The van der Waals surface area contributed by atoms with E-state index in [-0.39, 0.29) is 26.9 Å². The lowest BCUT2D eigenvalue weighted by atomic mass is 9.95. The highest BCUT2D eigenvalue weighted by Gasteiger charge is 2.41. The molecule has 1 aliphatic heterocycles. The van der Waals surface area contributed by atoms with Crippen molar-refractivity contribution in [1.29, 1.82) is 0 Å². The lowest BCUT2D eigenvalue weighted by Gasteiger charge is -2.42. The monoisotopic (exact) mass is 341 g/mol. The molecule has 0 N–H and O–H groups in total. The van der Waals surface area contributed by atoms with E-state index >= 15 is 0 Å². The van der Waals surface area contributed by atoms with Crippen LogP contribution in [0, 0.1) is 5.92 Å². The molecule has 1 aromatic carbocycles. The summed E-state index contributed by atoms with van der Waals surface area (Å²) in [5.74, 6) is 0.258. The number of halogens is 3. The van der Waals surface area contributed by atoms with Crippen molar-refractivity contribution in [1.82, 2.24) is 4.31 Å². The first-order valence-corrected chi connectivity index (χ1v) is 8.49. The number of hydrogen-bond donors (Lipinski definition) is 0. The highest BCUT2D eigenvalue weighted by atomic mass is 35.5. The van der Waals surface area contributed by atoms with Crippen LogP contribution in [0.1, 0.15) is 20.3 Å². The van der Waals surface area contributed by atoms with Crippen molar-refractivity contribution in [2.24, 2.45) is 5.92 Å². The Balaban J connectivity index is 2.47. The SMILES string of the molecule is CC(C)C1CCN1S(=O)(=O)c1c(Cl)cc(Cl)cc1Cl. The molecule has 0 bridgehead atoms. The van der Waals surface area contributed by atoms with E-state index in [4.69, 9.17) is 34.8 Å². The van der Waals surface area contributed by atoms with Gasteiger partial charge in [0.25, 0.3) is 0 Å². The average molecular weight is 343 g/mol. The van der Waals surface area contributed by atoms with Gasteiger partial charge in [-0.2, -0.15) is 4.31 Å². The van der Waals surface area contributed by atoms with Crippen molar-refractivity contribution in [3.8, 4) is 0 Å². The van der Waals surface area contributed by atoms with Crippen LogP contribution in [0.4, 0.5) is 0 Å². The first kappa shape index (κ1) is 15.4. The Morgan fingerprint density at radius 3 is 2.11 bits per heavy atom. The maximum atomic E-state index is 12.6. The predicted octanol–water partition coefficient (Wildman–Crippen LogP) is 4.07. The molecule has 1 unspecified atom stereocenters. The molecule has 0 aromatic heterocycles. The largest absolute Gasteiger partial charge is 0.246 e. The topological polar surface area (TPSA) is 37.4 Å². The molecule has 7 heteroatoms. The summed E-state index contributed by atoms with van der Waals surface area (Å²) >= 11 is 17.8. The summed E-state index contributed by atoms with van der Waals surface area (Å²) in [5.41, 5.74) is 0. The normalized spacial score (nSPS) is 20.6. The molecular formula is C12H14Cl3NO2S. The molecule has 1 saturated heterocycles. The van der Waals surface area contributed by atoms with Gasteiger partial charge in [0.1, 0.15) is 4.90 Å². The van der Waals surface area contributed by atoms with Gasteiger partial charge in [-0.15, -0.1) is 0 Å². The Morgan fingerprint density at radius 1 is 1.21 bits per heavy atom. The molecule has 106 valence electrons. The molecule has 1 aromatic rings. The summed E-state index contributed by atoms with van der Waals surface area (Å²) in [4.78, 5) is -0.0504. The molecule has 1 fully saturated rings. The standard InChI is InChI=1S/C12H14Cl3NO2S/c1-7(2)11-3-4-16(11)19(17,18)12-9(14)5-8(13)6-10(12)15/h5-7,11H,3-4H2,1-2H3. The van der Waals surface area contributed by atoms with Crippen LogP contribution < -0.4 is 0 Å². The maximum Gasteiger partial charge on any atom is 0.246 e. The van der Waals surface area contributed by atoms with Crippen molar-refractivity contribution >= 4 is 44.8 Å². The van der Waals surface area contributed by atoms with Gasteiger partial charge in [0.2, 0.25) is 10.0 Å². The molecular weight excluding hydrogens is 329 g/mol. The molecule has 0 saturated carbocycles. The summed E-state index contributed by atoms with van der Waals surface area (Å²) in [5, 5.41) is 0.441. The van der Waals surface area contributed by atoms with Gasteiger partial charge in [0.15, 0.2) is 0 Å². The van der Waals surface area contributed by atoms with E-state index in [0.717, 1.165) is 6.42 Å². The Bertz CT molecular complexity index is 578. The molecule has 0 spiro atoms. The highest BCUT2D eigenvalue weighted by Crippen LogP contribution is 2.38. The Labute approximate surface area is 128 Å². The van der Waals surface area contributed by atoms with Gasteiger partial charge in [-0.05, 0) is 24.5 Å². The lowest BCUT2D eigenvalue weighted by Crippen LogP contribution is -2.53. The summed E-state index contributed by atoms with van der Waals surface area (Å²) in [7, 11) is -3.66. The first-order chi connectivity index (χ1) is 8.75. The van der Waals surface area contributed by atoms with Gasteiger partial charge >= 0.3 is 0 Å². The molecule has 1 atom stereocenters. The van der Waals surface area contributed by atoms with Crippen molar-refractivity contribution in [2.75, 3.05) is 6.54 Å². The molecule has 0 radical (unpaired) electrons. The number of rotatable bonds is 3. The molecule has 19 heavy (non-hydrogen) atoms. The van der Waals surface area contributed by atoms with Crippen LogP contribution in [0.25, 0.3) is 0 Å². The second-order valence-electron chi connectivity index (χ2n) is 4.91. The number of hydrogen-bond acceptors (Lipinski definition) is 2. The van der Waals surface area contributed by atoms with E-state index < -0.39 is 10.0 Å². The molecule has 0 amide bonds. The van der Waals surface area contributed by atoms with E-state index in [0.29, 0.717) is 11.6 Å². The fraction of sp³-hybridized carbons (Fsp3) is 0.500. The molecule has 3 nitrogen and oxygen atoms in total. The van der Waals surface area contributed by atoms with E-state index in [1.807, 2.05) is 13.8 Å². The quantitative estimate of drug-likeness (QED) is 0.830. The van der Waals surface area contributed by atoms with Gasteiger partial charge < -0.3 is 0 Å². The lowest BCUT2D eigenvalue weighted by molar-refractivity contribution is 0.150. The van der Waals surface area contributed by atoms with Crippen molar-refractivity contribution in [3.63, 3.8) is 0 Å². The van der Waals surface area contributed by atoms with Gasteiger partial charge in [-0.3, -0.25) is 0 Å². The first-order valence-electron chi connectivity index (χ1n) is 5.91. The van der Waals surface area contributed by atoms with Gasteiger partial charge in [-0.25, -0.2) is 8.42 Å². The van der Waals surface area contributed by atoms with Crippen molar-refractivity contribution < 1.29 is 8.42 Å². The Hall–Kier alpha value is -0.000000000000000111. The summed E-state index contributed by atoms with van der Waals surface area (Å²) in [6.07, 6.45) is 0.861. The average Bonchev–Trinajstić information content (AvgIpc) is 2.09. The van der Waals surface area contributed by atoms with Gasteiger partial charge in [0.05, 0.1) is 10.0 Å². The van der Waals surface area contributed by atoms with Crippen LogP contribution in [0.5, 0.6) is 0 Å². The number of benzene rings is 1. The van der Waals surface area contributed by atoms with E-state index in [2.05, 4.69) is 0 Å². The smallest absolute Gasteiger partial charge is 0.207 e. The number of nitrogens with zero attached hydrogens (tertiary/aromatic N) is 1. The van der Waals surface area contributed by atoms with Crippen LogP contribution >= 0.6 is 34.8 Å². The van der Waals surface area contributed by atoms with Crippen LogP contribution in [-0.4, -0.2) is 25.3 Å². The fourth-order valence-electron chi connectivity index (χ4n) is 2.24. The van der Waals surface area contributed by atoms with Crippen molar-refractivity contribution in [2.45, 2.75) is 31.2 Å². The summed E-state index contributed by atoms with van der Waals surface area (Å²) < 4.78 is 26.6. The number of sulfonamides is 1. The maximum absolute atomic E-state index is 12.6. The summed E-state index contributed by atoms with van der Waals surface area (Å²) in [6, 6.07) is 2.80. The fourth-order valence-corrected chi connectivity index (χ4v) is 5.54. The third-order valence-corrected chi connectivity index (χ3v) is 6.38. The van der Waals surface area contributed by atoms with Crippen LogP contribution in [0.2, 0.25) is 15.1 Å². The molecule has 2 rings (SSSR count). The van der Waals surface area contributed by atoms with Gasteiger partial charge in [0, 0.05) is 17.6 Å². The minimum Gasteiger partial charge on any atom is -0.207 e. The van der Waals surface area contributed by atoms with E-state index in [1.54, 1.807) is 0 Å². The zero-order valence-corrected chi connectivity index (χ0v) is 13.6. The molecule has 1 heterocycles. The second-order valence-corrected chi connectivity index (χ2v) is 7.99. The summed E-state index contributed by atoms with van der Waals surface area (Å²) in [6.45, 7) is 4.50. The third kappa shape index (κ3) is 2.74. The highest BCUT2D eigenvalue weighted by molar-refractivity contribution is 7.89. The molecule has 0 aliphatic carbocycles. The van der Waals surface area contributed by atoms with Gasteiger partial charge in [-0.1, -0.05) is 48.7 Å².